The summed E-state index contributed by atoms with van der Waals surface area (Å²) < 4.78 is 40.7. The van der Waals surface area contributed by atoms with Gasteiger partial charge in [0.2, 0.25) is 11.2 Å². The zero-order valence-electron chi connectivity index (χ0n) is 21.1. The first-order chi connectivity index (χ1) is 17.9. The monoisotopic (exact) mass is 509 g/mol. The summed E-state index contributed by atoms with van der Waals surface area (Å²) in [6.45, 7) is -0.0304. The van der Waals surface area contributed by atoms with Crippen molar-refractivity contribution in [2.45, 2.75) is 25.5 Å². The molecule has 1 aliphatic carbocycles. The molecule has 9 heteroatoms. The Bertz CT molecular complexity index is 1360. The Morgan fingerprint density at radius 2 is 1.62 bits per heavy atom. The van der Waals surface area contributed by atoms with Crippen LogP contribution < -0.4 is 29.7 Å². The van der Waals surface area contributed by atoms with Crippen molar-refractivity contribution in [3.05, 3.63) is 81.3 Å². The lowest BCUT2D eigenvalue weighted by Gasteiger charge is -2.20. The van der Waals surface area contributed by atoms with E-state index in [0.717, 1.165) is 11.1 Å². The average molecular weight is 510 g/mol. The molecular weight excluding hydrogens is 481 g/mol. The number of amides is 1. The summed E-state index contributed by atoms with van der Waals surface area (Å²) in [7, 11) is 6.03. The lowest BCUT2D eigenvalue weighted by atomic mass is 9.95. The molecule has 1 unspecified atom stereocenters. The molecule has 1 aliphatic rings. The molecule has 0 fully saturated rings. The van der Waals surface area contributed by atoms with Gasteiger partial charge >= 0.3 is 6.09 Å². The van der Waals surface area contributed by atoms with Gasteiger partial charge in [-0.15, -0.1) is 0 Å². The van der Waals surface area contributed by atoms with Crippen molar-refractivity contribution in [3.63, 3.8) is 0 Å². The summed E-state index contributed by atoms with van der Waals surface area (Å²) in [6, 6.07) is 11.8. The van der Waals surface area contributed by atoms with E-state index in [2.05, 4.69) is 5.32 Å². The zero-order chi connectivity index (χ0) is 26.5. The van der Waals surface area contributed by atoms with Crippen molar-refractivity contribution in [3.8, 4) is 34.1 Å². The molecule has 3 aromatic carbocycles. The molecule has 0 aliphatic heterocycles. The van der Waals surface area contributed by atoms with Crippen molar-refractivity contribution in [2.75, 3.05) is 28.4 Å². The number of aryl methyl sites for hydroxylation is 1. The van der Waals surface area contributed by atoms with Gasteiger partial charge in [0.15, 0.2) is 17.2 Å². The Kier molecular flexibility index (Phi) is 7.81. The number of hydrogen-bond acceptors (Lipinski definition) is 7. The number of carbonyl (C=O) groups is 1. The summed E-state index contributed by atoms with van der Waals surface area (Å²) in [5.41, 5.74) is 3.20. The SMILES string of the molecule is COc1cc2c(c(OC)c1OC)-c1ccc(OC)c(=O)cc1C(NC(=O)OCc1ccc(F)cc1)CC2. The molecule has 0 saturated heterocycles. The minimum Gasteiger partial charge on any atom is -0.493 e. The molecule has 37 heavy (non-hydrogen) atoms. The summed E-state index contributed by atoms with van der Waals surface area (Å²) in [5, 5.41) is 2.89. The standard InChI is InChI=1S/C28H28FNO7/c1-33-23-12-10-19-20(14-22(23)31)21(30-28(32)37-15-16-5-8-18(29)9-6-16)11-7-17-13-24(34-2)26(35-3)27(36-4)25(17)19/h5-6,8-10,12-14,21H,7,11,15H2,1-4H3,(H,30,32). The molecule has 1 amide bonds. The van der Waals surface area contributed by atoms with E-state index in [9.17, 15) is 14.0 Å². The first-order valence-corrected chi connectivity index (χ1v) is 11.6. The second-order valence-corrected chi connectivity index (χ2v) is 8.40. The van der Waals surface area contributed by atoms with Crippen LogP contribution in [0.15, 0.2) is 53.3 Å². The van der Waals surface area contributed by atoms with E-state index in [-0.39, 0.29) is 23.6 Å². The van der Waals surface area contributed by atoms with Crippen molar-refractivity contribution >= 4 is 6.09 Å². The molecule has 1 N–H and O–H groups in total. The van der Waals surface area contributed by atoms with Gasteiger partial charge in [-0.2, -0.15) is 0 Å². The zero-order valence-corrected chi connectivity index (χ0v) is 21.1. The first-order valence-electron chi connectivity index (χ1n) is 11.6. The van der Waals surface area contributed by atoms with Crippen molar-refractivity contribution in [2.24, 2.45) is 0 Å². The topological polar surface area (TPSA) is 92.3 Å². The van der Waals surface area contributed by atoms with Gasteiger partial charge in [0.1, 0.15) is 12.4 Å². The molecule has 3 aromatic rings. The second-order valence-electron chi connectivity index (χ2n) is 8.40. The van der Waals surface area contributed by atoms with Gasteiger partial charge in [0, 0.05) is 5.56 Å². The number of rotatable bonds is 7. The van der Waals surface area contributed by atoms with E-state index in [1.807, 2.05) is 6.07 Å². The van der Waals surface area contributed by atoms with Gasteiger partial charge in [-0.3, -0.25) is 4.79 Å². The van der Waals surface area contributed by atoms with Gasteiger partial charge in [-0.1, -0.05) is 18.2 Å². The number of methoxy groups -OCH3 is 4. The van der Waals surface area contributed by atoms with Crippen molar-refractivity contribution in [1.82, 2.24) is 5.32 Å². The van der Waals surface area contributed by atoms with Crippen LogP contribution in [0.25, 0.3) is 11.1 Å². The third-order valence-electron chi connectivity index (χ3n) is 6.30. The minimum atomic E-state index is -0.667. The molecule has 1 atom stereocenters. The predicted molar refractivity (Wildman–Crippen MR) is 135 cm³/mol. The first kappa shape index (κ1) is 25.8. The molecule has 0 saturated carbocycles. The molecule has 194 valence electrons. The highest BCUT2D eigenvalue weighted by Crippen LogP contribution is 2.50. The molecule has 8 nitrogen and oxygen atoms in total. The van der Waals surface area contributed by atoms with Crippen LogP contribution >= 0.6 is 0 Å². The number of ether oxygens (including phenoxy) is 5. The second kappa shape index (κ2) is 11.2. The minimum absolute atomic E-state index is 0.0304. The van der Waals surface area contributed by atoms with Crippen LogP contribution in [0.2, 0.25) is 0 Å². The van der Waals surface area contributed by atoms with E-state index < -0.39 is 12.1 Å². The molecular formula is C28H28FNO7. The average Bonchev–Trinajstić information content (AvgIpc) is 3.15. The Labute approximate surface area is 213 Å². The smallest absolute Gasteiger partial charge is 0.407 e. The highest BCUT2D eigenvalue weighted by Gasteiger charge is 2.30. The summed E-state index contributed by atoms with van der Waals surface area (Å²) in [5.74, 6) is 1.16. The van der Waals surface area contributed by atoms with Gasteiger partial charge < -0.3 is 29.0 Å². The Balaban J connectivity index is 1.77. The van der Waals surface area contributed by atoms with E-state index >= 15 is 0 Å². The number of benzene rings is 2. The van der Waals surface area contributed by atoms with E-state index in [4.69, 9.17) is 23.7 Å². The number of hydrogen-bond donors (Lipinski definition) is 1. The van der Waals surface area contributed by atoms with Gasteiger partial charge in [-0.05, 0) is 65.4 Å². The maximum absolute atomic E-state index is 13.2. The Morgan fingerprint density at radius 3 is 2.27 bits per heavy atom. The molecule has 0 aromatic heterocycles. The number of halogens is 1. The fraction of sp³-hybridized carbons (Fsp3) is 0.286. The molecule has 0 bridgehead atoms. The van der Waals surface area contributed by atoms with Crippen molar-refractivity contribution in [1.29, 1.82) is 0 Å². The number of fused-ring (bicyclic) bond motifs is 3. The number of alkyl carbamates (subject to hydrolysis) is 1. The van der Waals surface area contributed by atoms with Crippen LogP contribution in [0.1, 0.15) is 29.2 Å². The lowest BCUT2D eigenvalue weighted by molar-refractivity contribution is 0.135. The Hall–Kier alpha value is -4.27. The van der Waals surface area contributed by atoms with Crippen LogP contribution in [0.3, 0.4) is 0 Å². The van der Waals surface area contributed by atoms with E-state index in [1.165, 1.54) is 39.5 Å². The summed E-state index contributed by atoms with van der Waals surface area (Å²) in [6.07, 6.45) is 0.341. The summed E-state index contributed by atoms with van der Waals surface area (Å²) >= 11 is 0. The maximum atomic E-state index is 13.2. The predicted octanol–water partition coefficient (Wildman–Crippen LogP) is 4.80. The molecule has 0 spiro atoms. The molecule has 4 rings (SSSR count). The fourth-order valence-electron chi connectivity index (χ4n) is 4.53. The van der Waals surface area contributed by atoms with E-state index in [0.29, 0.717) is 46.8 Å². The van der Waals surface area contributed by atoms with Crippen molar-refractivity contribution < 1.29 is 32.9 Å². The van der Waals surface area contributed by atoms with Gasteiger partial charge in [0.05, 0.1) is 34.5 Å². The lowest BCUT2D eigenvalue weighted by Crippen LogP contribution is -2.29. The summed E-state index contributed by atoms with van der Waals surface area (Å²) in [4.78, 5) is 25.7. The quantitative estimate of drug-likeness (QED) is 0.489. The highest BCUT2D eigenvalue weighted by molar-refractivity contribution is 5.83. The highest BCUT2D eigenvalue weighted by atomic mass is 19.1. The van der Waals surface area contributed by atoms with Crippen LogP contribution in [0.4, 0.5) is 9.18 Å². The largest absolute Gasteiger partial charge is 0.493 e. The van der Waals surface area contributed by atoms with Crippen LogP contribution in [-0.2, 0) is 17.8 Å². The van der Waals surface area contributed by atoms with Crippen LogP contribution in [-0.4, -0.2) is 34.5 Å². The normalized spacial score (nSPS) is 13.9. The molecule has 0 heterocycles. The fourth-order valence-corrected chi connectivity index (χ4v) is 4.53. The molecule has 0 radical (unpaired) electrons. The van der Waals surface area contributed by atoms with Crippen LogP contribution in [0.5, 0.6) is 23.0 Å². The number of carbonyl (C=O) groups excluding carboxylic acids is 1. The Morgan fingerprint density at radius 1 is 0.919 bits per heavy atom. The van der Waals surface area contributed by atoms with Crippen LogP contribution in [0, 0.1) is 5.82 Å². The third-order valence-corrected chi connectivity index (χ3v) is 6.30. The number of nitrogens with one attached hydrogen (secondary N) is 1. The third kappa shape index (κ3) is 5.30. The van der Waals surface area contributed by atoms with Gasteiger partial charge in [0.25, 0.3) is 0 Å². The maximum Gasteiger partial charge on any atom is 0.407 e. The van der Waals surface area contributed by atoms with Gasteiger partial charge in [-0.25, -0.2) is 9.18 Å². The van der Waals surface area contributed by atoms with E-state index in [1.54, 1.807) is 31.4 Å².